The van der Waals surface area contributed by atoms with Crippen molar-refractivity contribution in [1.82, 2.24) is 9.62 Å². The van der Waals surface area contributed by atoms with Crippen LogP contribution in [0.4, 0.5) is 0 Å². The molecule has 1 atom stereocenters. The van der Waals surface area contributed by atoms with E-state index in [0.29, 0.717) is 13.2 Å². The van der Waals surface area contributed by atoms with Gasteiger partial charge in [0.05, 0.1) is 11.9 Å². The average molecular weight is 276 g/mol. The highest BCUT2D eigenvalue weighted by atomic mass is 32.2. The molecule has 0 radical (unpaired) electrons. The van der Waals surface area contributed by atoms with Crippen LogP contribution < -0.4 is 5.32 Å². The molecule has 0 aromatic carbocycles. The number of nitrogens with one attached hydrogen (secondary N) is 1. The van der Waals surface area contributed by atoms with Crippen molar-refractivity contribution in [2.45, 2.75) is 44.2 Å². The summed E-state index contributed by atoms with van der Waals surface area (Å²) < 4.78 is 31.2. The zero-order valence-corrected chi connectivity index (χ0v) is 12.1. The summed E-state index contributed by atoms with van der Waals surface area (Å²) in [6.07, 6.45) is 4.95. The quantitative estimate of drug-likeness (QED) is 0.819. The van der Waals surface area contributed by atoms with Crippen LogP contribution in [-0.2, 0) is 14.8 Å². The first-order valence-electron chi connectivity index (χ1n) is 6.78. The maximum atomic E-state index is 11.8. The summed E-state index contributed by atoms with van der Waals surface area (Å²) in [4.78, 5) is 0. The highest BCUT2D eigenvalue weighted by Gasteiger charge is 2.41. The van der Waals surface area contributed by atoms with Gasteiger partial charge in [0.15, 0.2) is 0 Å². The zero-order valence-electron chi connectivity index (χ0n) is 11.3. The van der Waals surface area contributed by atoms with E-state index >= 15 is 0 Å². The molecule has 2 rings (SSSR count). The van der Waals surface area contributed by atoms with Crippen molar-refractivity contribution in [2.24, 2.45) is 0 Å². The van der Waals surface area contributed by atoms with Gasteiger partial charge < -0.3 is 10.1 Å². The van der Waals surface area contributed by atoms with Gasteiger partial charge in [-0.2, -0.15) is 4.31 Å². The summed E-state index contributed by atoms with van der Waals surface area (Å²) in [6.45, 7) is 5.08. The summed E-state index contributed by atoms with van der Waals surface area (Å²) in [5, 5.41) is 3.33. The maximum Gasteiger partial charge on any atom is 0.211 e. The molecule has 2 heterocycles. The lowest BCUT2D eigenvalue weighted by molar-refractivity contribution is -0.112. The van der Waals surface area contributed by atoms with E-state index in [1.54, 1.807) is 4.31 Å². The fourth-order valence-corrected chi connectivity index (χ4v) is 4.43. The SMILES string of the molecule is CCN([C@H]1CCOC2(CCNCC2)C1)S(C)(=O)=O. The topological polar surface area (TPSA) is 58.6 Å². The monoisotopic (exact) mass is 276 g/mol. The molecule has 2 saturated heterocycles. The predicted molar refractivity (Wildman–Crippen MR) is 71.0 cm³/mol. The average Bonchev–Trinajstić information content (AvgIpc) is 2.29. The van der Waals surface area contributed by atoms with E-state index in [0.717, 1.165) is 38.8 Å². The van der Waals surface area contributed by atoms with Gasteiger partial charge in [0, 0.05) is 19.2 Å². The van der Waals surface area contributed by atoms with Crippen LogP contribution in [0.5, 0.6) is 0 Å². The second-order valence-electron chi connectivity index (χ2n) is 5.39. The highest BCUT2D eigenvalue weighted by molar-refractivity contribution is 7.88. The molecule has 6 heteroatoms. The lowest BCUT2D eigenvalue weighted by atomic mass is 9.83. The predicted octanol–water partition coefficient (Wildman–Crippen LogP) is 0.569. The molecular formula is C12H24N2O3S. The van der Waals surface area contributed by atoms with E-state index in [1.165, 1.54) is 6.26 Å². The lowest BCUT2D eigenvalue weighted by Crippen LogP contribution is -2.53. The van der Waals surface area contributed by atoms with Crippen LogP contribution in [-0.4, -0.2) is 56.9 Å². The molecule has 1 spiro atoms. The fraction of sp³-hybridized carbons (Fsp3) is 1.00. The van der Waals surface area contributed by atoms with Crippen LogP contribution in [0.25, 0.3) is 0 Å². The number of piperidine rings is 1. The number of ether oxygens (including phenoxy) is 1. The van der Waals surface area contributed by atoms with E-state index in [-0.39, 0.29) is 11.6 Å². The number of nitrogens with zero attached hydrogens (tertiary/aromatic N) is 1. The first-order valence-corrected chi connectivity index (χ1v) is 8.63. The molecule has 2 fully saturated rings. The summed E-state index contributed by atoms with van der Waals surface area (Å²) in [7, 11) is -3.11. The summed E-state index contributed by atoms with van der Waals surface area (Å²) in [5.74, 6) is 0. The normalized spacial score (nSPS) is 28.7. The first kappa shape index (κ1) is 14.2. The van der Waals surface area contributed by atoms with Crippen LogP contribution in [0.15, 0.2) is 0 Å². The van der Waals surface area contributed by atoms with Gasteiger partial charge in [-0.05, 0) is 38.8 Å². The molecule has 0 saturated carbocycles. The van der Waals surface area contributed by atoms with Gasteiger partial charge in [-0.15, -0.1) is 0 Å². The third kappa shape index (κ3) is 3.04. The van der Waals surface area contributed by atoms with Crippen molar-refractivity contribution >= 4 is 10.0 Å². The van der Waals surface area contributed by atoms with Crippen molar-refractivity contribution in [3.8, 4) is 0 Å². The zero-order chi connectivity index (χ0) is 13.2. The minimum atomic E-state index is -3.11. The molecule has 0 aromatic rings. The number of rotatable bonds is 3. The third-order valence-electron chi connectivity index (χ3n) is 4.13. The van der Waals surface area contributed by atoms with E-state index in [2.05, 4.69) is 5.32 Å². The number of hydrogen-bond donors (Lipinski definition) is 1. The summed E-state index contributed by atoms with van der Waals surface area (Å²) >= 11 is 0. The summed E-state index contributed by atoms with van der Waals surface area (Å²) in [5.41, 5.74) is -0.0910. The van der Waals surface area contributed by atoms with Crippen molar-refractivity contribution in [3.63, 3.8) is 0 Å². The second kappa shape index (κ2) is 5.45. The molecular weight excluding hydrogens is 252 g/mol. The Morgan fingerprint density at radius 1 is 1.39 bits per heavy atom. The van der Waals surface area contributed by atoms with E-state index in [9.17, 15) is 8.42 Å². The van der Waals surface area contributed by atoms with E-state index in [1.807, 2.05) is 6.92 Å². The lowest BCUT2D eigenvalue weighted by Gasteiger charge is -2.45. The van der Waals surface area contributed by atoms with Crippen LogP contribution in [0.2, 0.25) is 0 Å². The highest BCUT2D eigenvalue weighted by Crippen LogP contribution is 2.35. The Kier molecular flexibility index (Phi) is 4.31. The van der Waals surface area contributed by atoms with Gasteiger partial charge in [0.1, 0.15) is 0 Å². The van der Waals surface area contributed by atoms with Gasteiger partial charge in [0.2, 0.25) is 10.0 Å². The molecule has 106 valence electrons. The molecule has 2 aliphatic rings. The van der Waals surface area contributed by atoms with Crippen molar-refractivity contribution in [1.29, 1.82) is 0 Å². The second-order valence-corrected chi connectivity index (χ2v) is 7.33. The maximum absolute atomic E-state index is 11.8. The Morgan fingerprint density at radius 3 is 2.61 bits per heavy atom. The Bertz CT molecular complexity index is 371. The minimum absolute atomic E-state index is 0.0910. The molecule has 5 nitrogen and oxygen atoms in total. The standard InChI is InChI=1S/C12H24N2O3S/c1-3-14(18(2,15)16)11-4-9-17-12(10-11)5-7-13-8-6-12/h11,13H,3-10H2,1-2H3/t11-/m0/s1. The van der Waals surface area contributed by atoms with Crippen molar-refractivity contribution in [2.75, 3.05) is 32.5 Å². The molecule has 0 bridgehead atoms. The third-order valence-corrected chi connectivity index (χ3v) is 5.53. The fourth-order valence-electron chi connectivity index (χ4n) is 3.24. The van der Waals surface area contributed by atoms with Crippen LogP contribution in [0.3, 0.4) is 0 Å². The van der Waals surface area contributed by atoms with Gasteiger partial charge in [0.25, 0.3) is 0 Å². The Balaban J connectivity index is 2.10. The number of hydrogen-bond acceptors (Lipinski definition) is 4. The molecule has 0 aliphatic carbocycles. The van der Waals surface area contributed by atoms with Gasteiger partial charge in [-0.25, -0.2) is 8.42 Å². The van der Waals surface area contributed by atoms with Gasteiger partial charge in [-0.3, -0.25) is 0 Å². The Morgan fingerprint density at radius 2 is 2.06 bits per heavy atom. The molecule has 18 heavy (non-hydrogen) atoms. The van der Waals surface area contributed by atoms with Crippen LogP contribution in [0, 0.1) is 0 Å². The molecule has 0 aromatic heterocycles. The van der Waals surface area contributed by atoms with Gasteiger partial charge >= 0.3 is 0 Å². The largest absolute Gasteiger partial charge is 0.375 e. The molecule has 0 amide bonds. The summed E-state index contributed by atoms with van der Waals surface area (Å²) in [6, 6.07) is 0.108. The van der Waals surface area contributed by atoms with E-state index in [4.69, 9.17) is 4.74 Å². The molecule has 0 unspecified atom stereocenters. The van der Waals surface area contributed by atoms with Crippen LogP contribution >= 0.6 is 0 Å². The van der Waals surface area contributed by atoms with Crippen molar-refractivity contribution < 1.29 is 13.2 Å². The van der Waals surface area contributed by atoms with Crippen molar-refractivity contribution in [3.05, 3.63) is 0 Å². The van der Waals surface area contributed by atoms with Crippen LogP contribution in [0.1, 0.15) is 32.6 Å². The number of sulfonamides is 1. The molecule has 2 aliphatic heterocycles. The Hall–Kier alpha value is -0.170. The minimum Gasteiger partial charge on any atom is -0.375 e. The molecule has 1 N–H and O–H groups in total. The smallest absolute Gasteiger partial charge is 0.211 e. The Labute approximate surface area is 110 Å². The van der Waals surface area contributed by atoms with Gasteiger partial charge in [-0.1, -0.05) is 6.92 Å². The first-order chi connectivity index (χ1) is 8.47. The van der Waals surface area contributed by atoms with E-state index < -0.39 is 10.0 Å².